The smallest absolute Gasteiger partial charge is 0.324 e. The molecule has 1 saturated heterocycles. The lowest BCUT2D eigenvalue weighted by Crippen LogP contribution is -2.22. The molecule has 23 heavy (non-hydrogen) atoms. The molecule has 0 aromatic carbocycles. The van der Waals surface area contributed by atoms with Gasteiger partial charge in [-0.15, -0.1) is 0 Å². The van der Waals surface area contributed by atoms with Crippen LogP contribution >= 0.6 is 6.72 Å². The van der Waals surface area contributed by atoms with Crippen molar-refractivity contribution in [1.82, 2.24) is 19.5 Å². The van der Waals surface area contributed by atoms with Crippen molar-refractivity contribution in [2.75, 3.05) is 12.8 Å². The minimum absolute atomic E-state index is 0.207. The number of imidazole rings is 1. The zero-order valence-electron chi connectivity index (χ0n) is 12.7. The number of fused-ring (bicyclic) bond motifs is 1. The Balaban J connectivity index is 1.86. The van der Waals surface area contributed by atoms with Crippen LogP contribution in [-0.4, -0.2) is 43.7 Å². The predicted molar refractivity (Wildman–Crippen MR) is 86.9 cm³/mol. The summed E-state index contributed by atoms with van der Waals surface area (Å²) in [7, 11) is 1.33. The Morgan fingerprint density at radius 3 is 3.00 bits per heavy atom. The Morgan fingerprint density at radius 2 is 2.30 bits per heavy atom. The number of nitrogen functional groups attached to an aromatic ring is 1. The molecule has 1 fully saturated rings. The van der Waals surface area contributed by atoms with Crippen LogP contribution in [0.3, 0.4) is 0 Å². The normalized spacial score (nSPS) is 27.3. The van der Waals surface area contributed by atoms with E-state index in [0.717, 1.165) is 0 Å². The van der Waals surface area contributed by atoms with Crippen molar-refractivity contribution in [2.45, 2.75) is 38.2 Å². The summed E-state index contributed by atoms with van der Waals surface area (Å²) in [5.74, 6) is 0.317. The third kappa shape index (κ3) is 3.23. The molecule has 1 aliphatic rings. The van der Waals surface area contributed by atoms with Gasteiger partial charge < -0.3 is 24.4 Å². The molecule has 9 nitrogen and oxygen atoms in total. The second-order valence-electron chi connectivity index (χ2n) is 5.15. The predicted octanol–water partition coefficient (Wildman–Crippen LogP) is 1.35. The number of hydrogen-bond acceptors (Lipinski definition) is 8. The van der Waals surface area contributed by atoms with Crippen molar-refractivity contribution in [1.29, 1.82) is 0 Å². The number of nitrogens with zero attached hydrogens (tertiary/aromatic N) is 4. The Hall–Kier alpha value is -1.16. The first-order valence-electron chi connectivity index (χ1n) is 7.10. The fraction of sp³-hybridized carbons (Fsp3) is 0.583. The van der Waals surface area contributed by atoms with Gasteiger partial charge in [-0.05, 0) is 18.2 Å². The summed E-state index contributed by atoms with van der Waals surface area (Å²) in [6.45, 7) is -1.27. The first kappa shape index (κ1) is 16.7. The summed E-state index contributed by atoms with van der Waals surface area (Å²) in [4.78, 5) is 22.3. The molecule has 11 heteroatoms. The monoisotopic (exact) mass is 359 g/mol. The summed E-state index contributed by atoms with van der Waals surface area (Å²) < 4.78 is 18.2. The molecular formula is C12H18N5O4PS. The van der Waals surface area contributed by atoms with E-state index < -0.39 is 6.72 Å². The van der Waals surface area contributed by atoms with Crippen molar-refractivity contribution in [3.8, 4) is 0 Å². The third-order valence-corrected chi connectivity index (χ3v) is 5.48. The average Bonchev–Trinajstić information content (AvgIpc) is 3.11. The van der Waals surface area contributed by atoms with Gasteiger partial charge in [-0.3, -0.25) is 4.57 Å². The lowest BCUT2D eigenvalue weighted by atomic mass is 10.1. The number of anilines is 1. The van der Waals surface area contributed by atoms with Crippen LogP contribution < -0.4 is 5.73 Å². The molecule has 0 aliphatic carbocycles. The van der Waals surface area contributed by atoms with E-state index in [4.69, 9.17) is 31.3 Å². The lowest BCUT2D eigenvalue weighted by molar-refractivity contribution is -0.0163. The van der Waals surface area contributed by atoms with Gasteiger partial charge in [-0.1, -0.05) is 6.92 Å². The van der Waals surface area contributed by atoms with E-state index in [0.29, 0.717) is 29.8 Å². The van der Waals surface area contributed by atoms with E-state index in [1.54, 1.807) is 10.9 Å². The molecule has 3 N–H and O–H groups in total. The molecule has 2 aromatic heterocycles. The number of nitrogens with two attached hydrogens (primary N) is 1. The van der Waals surface area contributed by atoms with Crippen LogP contribution in [0.4, 0.5) is 5.82 Å². The maximum absolute atomic E-state index is 9.89. The molecule has 2 aromatic rings. The Bertz CT molecular complexity index is 756. The highest BCUT2D eigenvalue weighted by Crippen LogP contribution is 2.48. The van der Waals surface area contributed by atoms with Crippen LogP contribution in [0.1, 0.15) is 26.0 Å². The largest absolute Gasteiger partial charge is 0.382 e. The van der Waals surface area contributed by atoms with Crippen molar-refractivity contribution in [3.05, 3.63) is 12.7 Å². The van der Waals surface area contributed by atoms with E-state index in [1.807, 2.05) is 6.92 Å². The first-order chi connectivity index (χ1) is 10.9. The summed E-state index contributed by atoms with van der Waals surface area (Å²) >= 11 is 4.93. The maximum atomic E-state index is 9.89. The van der Waals surface area contributed by atoms with Gasteiger partial charge in [-0.2, -0.15) is 0 Å². The Labute approximate surface area is 138 Å². The zero-order chi connectivity index (χ0) is 16.6. The summed E-state index contributed by atoms with van der Waals surface area (Å²) in [6, 6.07) is 0. The molecule has 1 aliphatic heterocycles. The molecule has 0 saturated carbocycles. The van der Waals surface area contributed by atoms with E-state index in [2.05, 4.69) is 15.0 Å². The standard InChI is InChI=1S/C12H18N5O4PS/c1-3-7-8(21-22(18,23)19-2)4-9(20-7)17-6-16-10-11(13)14-5-15-12(10)17/h5-9H,3-4H2,1-2H3,(H,18,23)(H2,13,14,15)/t7-,8-,9-,22?/m1/s1. The molecule has 0 amide bonds. The molecule has 3 heterocycles. The molecule has 126 valence electrons. The van der Waals surface area contributed by atoms with Gasteiger partial charge in [0.1, 0.15) is 18.1 Å². The van der Waals surface area contributed by atoms with E-state index in [-0.39, 0.29) is 18.4 Å². The second-order valence-corrected chi connectivity index (χ2v) is 8.05. The number of rotatable bonds is 5. The van der Waals surface area contributed by atoms with Crippen molar-refractivity contribution in [2.24, 2.45) is 0 Å². The Kier molecular flexibility index (Phi) is 4.63. The van der Waals surface area contributed by atoms with Crippen LogP contribution in [0, 0.1) is 0 Å². The number of ether oxygens (including phenoxy) is 1. The first-order valence-corrected chi connectivity index (χ1v) is 9.69. The molecule has 1 unspecified atom stereocenters. The van der Waals surface area contributed by atoms with E-state index >= 15 is 0 Å². The molecule has 0 radical (unpaired) electrons. The van der Waals surface area contributed by atoms with Crippen LogP contribution in [-0.2, 0) is 25.6 Å². The second kappa shape index (κ2) is 6.39. The Morgan fingerprint density at radius 1 is 1.52 bits per heavy atom. The van der Waals surface area contributed by atoms with Crippen LogP contribution in [0.2, 0.25) is 0 Å². The summed E-state index contributed by atoms with van der Waals surface area (Å²) in [6.07, 6.45) is 3.30. The lowest BCUT2D eigenvalue weighted by Gasteiger charge is -2.21. The highest BCUT2D eigenvalue weighted by atomic mass is 32.5. The van der Waals surface area contributed by atoms with Gasteiger partial charge in [-0.25, -0.2) is 15.0 Å². The van der Waals surface area contributed by atoms with Crippen LogP contribution in [0.15, 0.2) is 12.7 Å². The molecule has 0 spiro atoms. The van der Waals surface area contributed by atoms with Gasteiger partial charge >= 0.3 is 6.72 Å². The molecule has 3 rings (SSSR count). The van der Waals surface area contributed by atoms with E-state index in [9.17, 15) is 4.89 Å². The molecule has 0 bridgehead atoms. The minimum atomic E-state index is -3.25. The van der Waals surface area contributed by atoms with Crippen LogP contribution in [0.5, 0.6) is 0 Å². The minimum Gasteiger partial charge on any atom is -0.382 e. The quantitative estimate of drug-likeness (QED) is 0.763. The highest BCUT2D eigenvalue weighted by Gasteiger charge is 2.39. The van der Waals surface area contributed by atoms with Crippen molar-refractivity contribution in [3.63, 3.8) is 0 Å². The fourth-order valence-corrected chi connectivity index (χ4v) is 3.62. The van der Waals surface area contributed by atoms with Gasteiger partial charge in [0.15, 0.2) is 11.5 Å². The zero-order valence-corrected chi connectivity index (χ0v) is 14.4. The highest BCUT2D eigenvalue weighted by molar-refractivity contribution is 8.07. The third-order valence-electron chi connectivity index (χ3n) is 3.78. The number of aromatic nitrogens is 4. The van der Waals surface area contributed by atoms with Gasteiger partial charge in [0, 0.05) is 13.5 Å². The van der Waals surface area contributed by atoms with Gasteiger partial charge in [0.2, 0.25) is 0 Å². The van der Waals surface area contributed by atoms with Crippen molar-refractivity contribution >= 4 is 35.5 Å². The van der Waals surface area contributed by atoms with Crippen molar-refractivity contribution < 1.29 is 18.7 Å². The number of hydrogen-bond donors (Lipinski definition) is 2. The summed E-state index contributed by atoms with van der Waals surface area (Å²) in [5, 5.41) is 0. The topological polar surface area (TPSA) is 118 Å². The van der Waals surface area contributed by atoms with E-state index in [1.165, 1.54) is 13.4 Å². The SMILES string of the molecule is CC[C@H]1O[C@@H](n2cnc3c(N)ncnc32)C[C@H]1OP(O)(=S)OC. The molecular weight excluding hydrogens is 341 g/mol. The maximum Gasteiger partial charge on any atom is 0.324 e. The van der Waals surface area contributed by atoms with Gasteiger partial charge in [0.25, 0.3) is 0 Å². The fourth-order valence-electron chi connectivity index (χ4n) is 2.64. The summed E-state index contributed by atoms with van der Waals surface area (Å²) in [5.41, 5.74) is 6.92. The average molecular weight is 359 g/mol. The molecule has 4 atom stereocenters. The van der Waals surface area contributed by atoms with Gasteiger partial charge in [0.05, 0.1) is 18.5 Å². The van der Waals surface area contributed by atoms with Crippen LogP contribution in [0.25, 0.3) is 11.2 Å².